The molecule has 0 bridgehead atoms. The third-order valence-electron chi connectivity index (χ3n) is 2.61. The molecule has 0 aliphatic heterocycles. The Balaban J connectivity index is 0.00000200. The van der Waals surface area contributed by atoms with Crippen molar-refractivity contribution in [1.82, 2.24) is 14.3 Å². The third kappa shape index (κ3) is 3.18. The second-order valence-electron chi connectivity index (χ2n) is 3.89. The monoisotopic (exact) mass is 282 g/mol. The standard InChI is InChI=1S/C12H12F2N4O.CH4/c13-5-9(6-15)7-18-12(19)17(8-16-18)11-3-1-10(14)2-4-11;/h1-5,8H,6-7,15H2;1H4/b9-5-;. The van der Waals surface area contributed by atoms with E-state index < -0.39 is 11.5 Å². The molecule has 0 amide bonds. The van der Waals surface area contributed by atoms with E-state index in [1.165, 1.54) is 35.2 Å². The molecule has 1 aromatic carbocycles. The fourth-order valence-electron chi connectivity index (χ4n) is 1.56. The SMILES string of the molecule is C.NC/C(=C/F)Cn1ncn(-c2ccc(F)cc2)c1=O. The maximum absolute atomic E-state index is 12.8. The molecule has 20 heavy (non-hydrogen) atoms. The first-order chi connectivity index (χ1) is 9.15. The molecule has 1 heterocycles. The van der Waals surface area contributed by atoms with Crippen molar-refractivity contribution in [2.75, 3.05) is 6.54 Å². The largest absolute Gasteiger partial charge is 0.350 e. The van der Waals surface area contributed by atoms with Crippen molar-refractivity contribution in [3.63, 3.8) is 0 Å². The molecule has 0 fully saturated rings. The van der Waals surface area contributed by atoms with Gasteiger partial charge in [-0.2, -0.15) is 5.10 Å². The molecule has 5 nitrogen and oxygen atoms in total. The summed E-state index contributed by atoms with van der Waals surface area (Å²) >= 11 is 0. The number of rotatable bonds is 4. The number of hydrogen-bond donors (Lipinski definition) is 1. The van der Waals surface area contributed by atoms with Crippen LogP contribution in [0.3, 0.4) is 0 Å². The summed E-state index contributed by atoms with van der Waals surface area (Å²) in [4.78, 5) is 12.0. The van der Waals surface area contributed by atoms with E-state index in [1.54, 1.807) is 0 Å². The zero-order chi connectivity index (χ0) is 13.8. The van der Waals surface area contributed by atoms with Crippen molar-refractivity contribution in [2.24, 2.45) is 5.73 Å². The van der Waals surface area contributed by atoms with Crippen LogP contribution in [-0.4, -0.2) is 20.9 Å². The number of nitrogens with zero attached hydrogens (tertiary/aromatic N) is 3. The van der Waals surface area contributed by atoms with Crippen LogP contribution in [0.15, 0.2) is 47.3 Å². The van der Waals surface area contributed by atoms with Gasteiger partial charge in [0.05, 0.1) is 18.6 Å². The fraction of sp³-hybridized carbons (Fsp3) is 0.231. The lowest BCUT2D eigenvalue weighted by Gasteiger charge is -2.02. The van der Waals surface area contributed by atoms with Gasteiger partial charge in [0.15, 0.2) is 0 Å². The first kappa shape index (κ1) is 15.8. The molecule has 0 saturated carbocycles. The molecule has 0 unspecified atom stereocenters. The van der Waals surface area contributed by atoms with Crippen LogP contribution in [0.5, 0.6) is 0 Å². The van der Waals surface area contributed by atoms with Gasteiger partial charge in [0.2, 0.25) is 0 Å². The highest BCUT2D eigenvalue weighted by Crippen LogP contribution is 2.06. The number of hydrogen-bond acceptors (Lipinski definition) is 3. The second kappa shape index (κ2) is 6.76. The highest BCUT2D eigenvalue weighted by atomic mass is 19.1. The number of benzene rings is 1. The first-order valence-corrected chi connectivity index (χ1v) is 5.54. The van der Waals surface area contributed by atoms with Crippen molar-refractivity contribution in [3.05, 3.63) is 58.8 Å². The van der Waals surface area contributed by atoms with E-state index >= 15 is 0 Å². The minimum absolute atomic E-state index is 0. The Labute approximate surface area is 114 Å². The minimum Gasteiger partial charge on any atom is -0.327 e. The molecule has 0 atom stereocenters. The van der Waals surface area contributed by atoms with E-state index in [4.69, 9.17) is 5.73 Å². The molecule has 2 aromatic rings. The highest BCUT2D eigenvalue weighted by Gasteiger charge is 2.08. The molecule has 0 saturated heterocycles. The van der Waals surface area contributed by atoms with Gasteiger partial charge in [-0.3, -0.25) is 0 Å². The van der Waals surface area contributed by atoms with Crippen LogP contribution in [0.25, 0.3) is 5.69 Å². The van der Waals surface area contributed by atoms with E-state index in [1.807, 2.05) is 0 Å². The molecular formula is C13H16F2N4O. The summed E-state index contributed by atoms with van der Waals surface area (Å²) in [6.45, 7) is -0.00756. The molecule has 2 N–H and O–H groups in total. The minimum atomic E-state index is -0.445. The Morgan fingerprint density at radius 1 is 1.35 bits per heavy atom. The molecule has 0 radical (unpaired) electrons. The van der Waals surface area contributed by atoms with Crippen LogP contribution < -0.4 is 11.4 Å². The normalized spacial score (nSPS) is 11.2. The van der Waals surface area contributed by atoms with Gasteiger partial charge in [-0.05, 0) is 29.8 Å². The van der Waals surface area contributed by atoms with Gasteiger partial charge in [-0.25, -0.2) is 22.8 Å². The highest BCUT2D eigenvalue weighted by molar-refractivity contribution is 5.31. The average molecular weight is 282 g/mol. The Morgan fingerprint density at radius 3 is 2.55 bits per heavy atom. The maximum atomic E-state index is 12.8. The predicted molar refractivity (Wildman–Crippen MR) is 72.8 cm³/mol. The van der Waals surface area contributed by atoms with E-state index in [2.05, 4.69) is 5.10 Å². The Hall–Kier alpha value is -2.28. The lowest BCUT2D eigenvalue weighted by atomic mass is 10.3. The zero-order valence-corrected chi connectivity index (χ0v) is 9.96. The van der Waals surface area contributed by atoms with Crippen LogP contribution in [0, 0.1) is 5.82 Å². The Kier molecular flexibility index (Phi) is 5.33. The van der Waals surface area contributed by atoms with Crippen LogP contribution >= 0.6 is 0 Å². The second-order valence-corrected chi connectivity index (χ2v) is 3.89. The number of nitrogens with two attached hydrogens (primary N) is 1. The lowest BCUT2D eigenvalue weighted by molar-refractivity contribution is 0.612. The van der Waals surface area contributed by atoms with Crippen molar-refractivity contribution in [1.29, 1.82) is 0 Å². The summed E-state index contributed by atoms with van der Waals surface area (Å²) in [5.74, 6) is -0.394. The summed E-state index contributed by atoms with van der Waals surface area (Å²) in [5.41, 5.74) is 5.61. The molecular weight excluding hydrogens is 266 g/mol. The van der Waals surface area contributed by atoms with Gasteiger partial charge in [-0.1, -0.05) is 7.43 Å². The Morgan fingerprint density at radius 2 is 2.00 bits per heavy atom. The van der Waals surface area contributed by atoms with Crippen molar-refractivity contribution in [3.8, 4) is 5.69 Å². The van der Waals surface area contributed by atoms with Gasteiger partial charge in [0, 0.05) is 6.54 Å². The van der Waals surface area contributed by atoms with Crippen LogP contribution in [-0.2, 0) is 6.54 Å². The fourth-order valence-corrected chi connectivity index (χ4v) is 1.56. The third-order valence-corrected chi connectivity index (χ3v) is 2.61. The summed E-state index contributed by atoms with van der Waals surface area (Å²) in [5, 5.41) is 3.86. The number of aromatic nitrogens is 3. The van der Waals surface area contributed by atoms with E-state index in [0.717, 1.165) is 4.68 Å². The quantitative estimate of drug-likeness (QED) is 0.926. The van der Waals surface area contributed by atoms with Gasteiger partial charge in [0.1, 0.15) is 12.1 Å². The summed E-state index contributed by atoms with van der Waals surface area (Å²) in [6.07, 6.45) is 1.66. The predicted octanol–water partition coefficient (Wildman–Crippen LogP) is 1.62. The topological polar surface area (TPSA) is 65.8 Å². The van der Waals surface area contributed by atoms with E-state index in [0.29, 0.717) is 12.0 Å². The Bertz CT molecular complexity index is 643. The first-order valence-electron chi connectivity index (χ1n) is 5.54. The van der Waals surface area contributed by atoms with Crippen molar-refractivity contribution >= 4 is 0 Å². The smallest absolute Gasteiger partial charge is 0.327 e. The van der Waals surface area contributed by atoms with Crippen LogP contribution in [0.4, 0.5) is 8.78 Å². The molecule has 108 valence electrons. The van der Waals surface area contributed by atoms with Gasteiger partial charge >= 0.3 is 5.69 Å². The number of halogens is 2. The average Bonchev–Trinajstić information content (AvgIpc) is 2.78. The van der Waals surface area contributed by atoms with E-state index in [-0.39, 0.29) is 26.1 Å². The molecule has 0 aliphatic carbocycles. The van der Waals surface area contributed by atoms with Crippen molar-refractivity contribution < 1.29 is 8.78 Å². The summed E-state index contributed by atoms with van der Waals surface area (Å²) in [6, 6.07) is 5.40. The van der Waals surface area contributed by atoms with E-state index in [9.17, 15) is 13.6 Å². The maximum Gasteiger partial charge on any atom is 0.350 e. The zero-order valence-electron chi connectivity index (χ0n) is 9.96. The van der Waals surface area contributed by atoms with Crippen LogP contribution in [0.1, 0.15) is 7.43 Å². The molecule has 2 rings (SSSR count). The van der Waals surface area contributed by atoms with Crippen LogP contribution in [0.2, 0.25) is 0 Å². The summed E-state index contributed by atoms with van der Waals surface area (Å²) in [7, 11) is 0. The lowest BCUT2D eigenvalue weighted by Crippen LogP contribution is -2.25. The molecule has 0 spiro atoms. The van der Waals surface area contributed by atoms with Crippen molar-refractivity contribution in [2.45, 2.75) is 14.0 Å². The van der Waals surface area contributed by atoms with Gasteiger partial charge in [-0.15, -0.1) is 0 Å². The van der Waals surface area contributed by atoms with Gasteiger partial charge in [0.25, 0.3) is 0 Å². The molecule has 1 aromatic heterocycles. The van der Waals surface area contributed by atoms with Gasteiger partial charge < -0.3 is 5.73 Å². The summed E-state index contributed by atoms with van der Waals surface area (Å²) < 4.78 is 27.5. The molecule has 0 aliphatic rings. The molecule has 7 heteroatoms.